The molecule has 0 unspecified atom stereocenters. The quantitative estimate of drug-likeness (QED) is 0.632. The maximum atomic E-state index is 12.4. The van der Waals surface area contributed by atoms with E-state index in [0.29, 0.717) is 26.2 Å². The van der Waals surface area contributed by atoms with Crippen molar-refractivity contribution in [3.05, 3.63) is 54.0 Å². The van der Waals surface area contributed by atoms with Gasteiger partial charge < -0.3 is 19.3 Å². The summed E-state index contributed by atoms with van der Waals surface area (Å²) in [7, 11) is 0. The normalized spacial score (nSPS) is 15.2. The van der Waals surface area contributed by atoms with Crippen LogP contribution in [0.15, 0.2) is 42.9 Å². The number of hydrogen-bond acceptors (Lipinski definition) is 7. The van der Waals surface area contributed by atoms with Gasteiger partial charge in [0.05, 0.1) is 6.42 Å². The van der Waals surface area contributed by atoms with Crippen LogP contribution in [0.25, 0.3) is 0 Å². The summed E-state index contributed by atoms with van der Waals surface area (Å²) in [5.41, 5.74) is 1.34. The number of aromatic nitrogens is 2. The van der Waals surface area contributed by atoms with Gasteiger partial charge in [-0.1, -0.05) is 37.3 Å². The number of rotatable bonds is 6. The van der Waals surface area contributed by atoms with E-state index in [0.717, 1.165) is 16.9 Å². The number of amides is 1. The van der Waals surface area contributed by atoms with Crippen molar-refractivity contribution in [3.8, 4) is 0 Å². The van der Waals surface area contributed by atoms with Gasteiger partial charge in [0.15, 0.2) is 0 Å². The molecule has 1 aromatic heterocycles. The summed E-state index contributed by atoms with van der Waals surface area (Å²) in [6.07, 6.45) is 3.22. The van der Waals surface area contributed by atoms with Gasteiger partial charge in [-0.2, -0.15) is 0 Å². The van der Waals surface area contributed by atoms with Gasteiger partial charge in [-0.15, -0.1) is 0 Å². The van der Waals surface area contributed by atoms with Crippen molar-refractivity contribution < 1.29 is 19.1 Å². The summed E-state index contributed by atoms with van der Waals surface area (Å²) in [4.78, 5) is 37.2. The fourth-order valence-corrected chi connectivity index (χ4v) is 3.53. The van der Waals surface area contributed by atoms with Crippen molar-refractivity contribution >= 4 is 17.9 Å². The Morgan fingerprint density at radius 1 is 1.09 bits per heavy atom. The molecular formula is C24H32N4O4. The van der Waals surface area contributed by atoms with Gasteiger partial charge in [-0.05, 0) is 32.3 Å². The Morgan fingerprint density at radius 2 is 1.78 bits per heavy atom. The molecule has 1 aliphatic rings. The van der Waals surface area contributed by atoms with E-state index in [-0.39, 0.29) is 31.0 Å². The van der Waals surface area contributed by atoms with E-state index in [1.807, 2.05) is 58.0 Å². The van der Waals surface area contributed by atoms with Gasteiger partial charge in [-0.25, -0.2) is 14.8 Å². The largest absolute Gasteiger partial charge is 0.461 e. The number of benzene rings is 1. The predicted molar refractivity (Wildman–Crippen MR) is 121 cm³/mol. The number of carbonyl (C=O) groups is 2. The molecule has 0 N–H and O–H groups in total. The summed E-state index contributed by atoms with van der Waals surface area (Å²) < 4.78 is 10.9. The Kier molecular flexibility index (Phi) is 7.66. The molecule has 2 heterocycles. The van der Waals surface area contributed by atoms with Crippen LogP contribution < -0.4 is 4.90 Å². The number of anilines is 1. The smallest absolute Gasteiger partial charge is 0.410 e. The van der Waals surface area contributed by atoms with Crippen LogP contribution in [0.1, 0.15) is 51.2 Å². The molecule has 172 valence electrons. The van der Waals surface area contributed by atoms with Crippen LogP contribution in [0.5, 0.6) is 0 Å². The Balaban J connectivity index is 1.57. The molecule has 32 heavy (non-hydrogen) atoms. The van der Waals surface area contributed by atoms with Crippen molar-refractivity contribution in [3.63, 3.8) is 0 Å². The minimum Gasteiger partial charge on any atom is -0.461 e. The molecule has 0 radical (unpaired) electrons. The van der Waals surface area contributed by atoms with Crippen LogP contribution in [0.4, 0.5) is 10.6 Å². The lowest BCUT2D eigenvalue weighted by Gasteiger charge is -2.37. The molecule has 1 amide bonds. The van der Waals surface area contributed by atoms with Crippen LogP contribution in [-0.2, 0) is 20.9 Å². The van der Waals surface area contributed by atoms with Gasteiger partial charge >= 0.3 is 12.1 Å². The maximum absolute atomic E-state index is 12.4. The Bertz CT molecular complexity index is 906. The van der Waals surface area contributed by atoms with Gasteiger partial charge in [-0.3, -0.25) is 4.79 Å². The number of piperazine rings is 1. The van der Waals surface area contributed by atoms with Crippen LogP contribution in [0.3, 0.4) is 0 Å². The molecular weight excluding hydrogens is 408 g/mol. The molecule has 8 nitrogen and oxygen atoms in total. The van der Waals surface area contributed by atoms with Gasteiger partial charge in [0.25, 0.3) is 0 Å². The topological polar surface area (TPSA) is 84.9 Å². The van der Waals surface area contributed by atoms with Crippen LogP contribution in [-0.4, -0.2) is 58.7 Å². The second-order valence-electron chi connectivity index (χ2n) is 9.01. The first-order valence-electron chi connectivity index (χ1n) is 11.0. The third-order valence-electron chi connectivity index (χ3n) is 5.20. The SMILES string of the molecule is C[C@H](CC(=O)OCc1ccccc1)c1cncnc1N1CCN(C(=O)OC(C)(C)C)CC1. The molecule has 1 aromatic carbocycles. The number of esters is 1. The Labute approximate surface area is 189 Å². The molecule has 1 saturated heterocycles. The van der Waals surface area contributed by atoms with Crippen molar-refractivity contribution in [2.24, 2.45) is 0 Å². The van der Waals surface area contributed by atoms with Crippen LogP contribution >= 0.6 is 0 Å². The first kappa shape index (κ1) is 23.5. The number of ether oxygens (including phenoxy) is 2. The van der Waals surface area contributed by atoms with E-state index in [4.69, 9.17) is 9.47 Å². The summed E-state index contributed by atoms with van der Waals surface area (Å²) >= 11 is 0. The molecule has 0 aliphatic carbocycles. The van der Waals surface area contributed by atoms with Crippen LogP contribution in [0.2, 0.25) is 0 Å². The first-order valence-corrected chi connectivity index (χ1v) is 11.0. The molecule has 0 bridgehead atoms. The zero-order valence-electron chi connectivity index (χ0n) is 19.3. The highest BCUT2D eigenvalue weighted by Crippen LogP contribution is 2.28. The summed E-state index contributed by atoms with van der Waals surface area (Å²) in [5, 5.41) is 0. The minimum atomic E-state index is -0.515. The molecule has 1 fully saturated rings. The Morgan fingerprint density at radius 3 is 2.44 bits per heavy atom. The average Bonchev–Trinajstić information content (AvgIpc) is 2.77. The molecule has 0 spiro atoms. The molecule has 1 atom stereocenters. The van der Waals surface area contributed by atoms with Crippen molar-refractivity contribution in [2.45, 2.75) is 52.2 Å². The number of carbonyl (C=O) groups excluding carboxylic acids is 2. The van der Waals surface area contributed by atoms with E-state index in [9.17, 15) is 9.59 Å². The van der Waals surface area contributed by atoms with Gasteiger partial charge in [0.2, 0.25) is 0 Å². The molecule has 3 rings (SSSR count). The second-order valence-corrected chi connectivity index (χ2v) is 9.01. The highest BCUT2D eigenvalue weighted by Gasteiger charge is 2.28. The Hall–Kier alpha value is -3.16. The lowest BCUT2D eigenvalue weighted by Crippen LogP contribution is -2.50. The lowest BCUT2D eigenvalue weighted by atomic mass is 9.99. The van der Waals surface area contributed by atoms with Crippen molar-refractivity contribution in [2.75, 3.05) is 31.1 Å². The van der Waals surface area contributed by atoms with Gasteiger partial charge in [0.1, 0.15) is 24.4 Å². The fraction of sp³-hybridized carbons (Fsp3) is 0.500. The third kappa shape index (κ3) is 6.67. The van der Waals surface area contributed by atoms with E-state index >= 15 is 0 Å². The zero-order valence-corrected chi connectivity index (χ0v) is 19.3. The van der Waals surface area contributed by atoms with E-state index in [1.165, 1.54) is 6.33 Å². The summed E-state index contributed by atoms with van der Waals surface area (Å²) in [6.45, 7) is 10.2. The number of nitrogens with zero attached hydrogens (tertiary/aromatic N) is 4. The third-order valence-corrected chi connectivity index (χ3v) is 5.20. The molecule has 8 heteroatoms. The fourth-order valence-electron chi connectivity index (χ4n) is 3.53. The second kappa shape index (κ2) is 10.4. The summed E-state index contributed by atoms with van der Waals surface area (Å²) in [5.74, 6) is 0.441. The standard InChI is InChI=1S/C24H32N4O4/c1-18(14-21(29)31-16-19-8-6-5-7-9-19)20-15-25-17-26-22(20)27-10-12-28(13-11-27)23(30)32-24(2,3)4/h5-9,15,17-18H,10-14,16H2,1-4H3/t18-/m1/s1. The minimum absolute atomic E-state index is 0.0987. The van der Waals surface area contributed by atoms with Gasteiger partial charge in [0, 0.05) is 37.9 Å². The number of hydrogen-bond donors (Lipinski definition) is 0. The van der Waals surface area contributed by atoms with E-state index in [1.54, 1.807) is 11.1 Å². The predicted octanol–water partition coefficient (Wildman–Crippen LogP) is 3.77. The van der Waals surface area contributed by atoms with Crippen molar-refractivity contribution in [1.82, 2.24) is 14.9 Å². The maximum Gasteiger partial charge on any atom is 0.410 e. The van der Waals surface area contributed by atoms with Crippen molar-refractivity contribution in [1.29, 1.82) is 0 Å². The monoisotopic (exact) mass is 440 g/mol. The summed E-state index contributed by atoms with van der Waals surface area (Å²) in [6, 6.07) is 9.62. The molecule has 1 aliphatic heterocycles. The highest BCUT2D eigenvalue weighted by atomic mass is 16.6. The van der Waals surface area contributed by atoms with Crippen LogP contribution in [0, 0.1) is 0 Å². The highest BCUT2D eigenvalue weighted by molar-refractivity contribution is 5.71. The molecule has 0 saturated carbocycles. The lowest BCUT2D eigenvalue weighted by molar-refractivity contribution is -0.145. The van der Waals surface area contributed by atoms with E-state index < -0.39 is 5.60 Å². The molecule has 2 aromatic rings. The average molecular weight is 441 g/mol. The first-order chi connectivity index (χ1) is 15.2. The zero-order chi connectivity index (χ0) is 23.1. The van der Waals surface area contributed by atoms with E-state index in [2.05, 4.69) is 14.9 Å².